The Morgan fingerprint density at radius 1 is 0.700 bits per heavy atom. The number of carboxylic acid groups (broad SMARTS) is 2. The monoisotopic (exact) mass is 412 g/mol. The molecule has 2 atom stereocenters. The lowest BCUT2D eigenvalue weighted by Gasteiger charge is -2.14. The summed E-state index contributed by atoms with van der Waals surface area (Å²) in [6.45, 7) is 12.1. The van der Waals surface area contributed by atoms with E-state index in [9.17, 15) is 9.59 Å². The summed E-state index contributed by atoms with van der Waals surface area (Å²) in [6, 6.07) is 15.7. The normalized spacial score (nSPS) is 12.8. The highest BCUT2D eigenvalue weighted by Gasteiger charge is 2.17. The van der Waals surface area contributed by atoms with Crippen molar-refractivity contribution in [3.05, 3.63) is 70.8 Å². The van der Waals surface area contributed by atoms with Crippen molar-refractivity contribution in [2.45, 2.75) is 66.2 Å². The molecule has 4 nitrogen and oxygen atoms in total. The molecular weight excluding hydrogens is 376 g/mol. The summed E-state index contributed by atoms with van der Waals surface area (Å²) in [5.41, 5.74) is 4.24. The van der Waals surface area contributed by atoms with Crippen molar-refractivity contribution in [2.75, 3.05) is 0 Å². The van der Waals surface area contributed by atoms with Crippen molar-refractivity contribution < 1.29 is 19.8 Å². The molecular formula is C26H36O4. The molecule has 0 spiro atoms. The van der Waals surface area contributed by atoms with Crippen LogP contribution in [0.15, 0.2) is 48.5 Å². The Kier molecular flexibility index (Phi) is 10.3. The summed E-state index contributed by atoms with van der Waals surface area (Å²) in [4.78, 5) is 21.7. The summed E-state index contributed by atoms with van der Waals surface area (Å²) in [6.07, 6.45) is 1.98. The summed E-state index contributed by atoms with van der Waals surface area (Å²) < 4.78 is 0. The van der Waals surface area contributed by atoms with Gasteiger partial charge < -0.3 is 10.2 Å². The summed E-state index contributed by atoms with van der Waals surface area (Å²) in [5, 5.41) is 17.8. The van der Waals surface area contributed by atoms with Crippen LogP contribution in [0.5, 0.6) is 0 Å². The van der Waals surface area contributed by atoms with E-state index in [1.54, 1.807) is 13.8 Å². The fourth-order valence-corrected chi connectivity index (χ4v) is 3.27. The molecule has 30 heavy (non-hydrogen) atoms. The quantitative estimate of drug-likeness (QED) is 0.545. The predicted octanol–water partition coefficient (Wildman–Crippen LogP) is 6.15. The number of hydrogen-bond donors (Lipinski definition) is 2. The van der Waals surface area contributed by atoms with Crippen molar-refractivity contribution in [1.82, 2.24) is 0 Å². The Morgan fingerprint density at radius 3 is 1.67 bits per heavy atom. The van der Waals surface area contributed by atoms with Crippen LogP contribution in [-0.2, 0) is 22.4 Å². The molecule has 0 saturated heterocycles. The Hall–Kier alpha value is -2.62. The average Bonchev–Trinajstić information content (AvgIpc) is 2.67. The second-order valence-corrected chi connectivity index (χ2v) is 8.76. The van der Waals surface area contributed by atoms with Crippen LogP contribution >= 0.6 is 0 Å². The summed E-state index contributed by atoms with van der Waals surface area (Å²) >= 11 is 0. The van der Waals surface area contributed by atoms with E-state index in [4.69, 9.17) is 10.2 Å². The maximum atomic E-state index is 10.9. The minimum Gasteiger partial charge on any atom is -0.481 e. The lowest BCUT2D eigenvalue weighted by Crippen LogP contribution is -2.11. The maximum absolute atomic E-state index is 10.9. The largest absolute Gasteiger partial charge is 0.481 e. The SMILES string of the molecule is CC(C)Cc1ccc(C(C)C(=O)O)cc1.CC(C)Cc1ccccc1C(C)C(=O)O. The molecule has 2 N–H and O–H groups in total. The average molecular weight is 413 g/mol. The Bertz CT molecular complexity index is 806. The Morgan fingerprint density at radius 2 is 1.20 bits per heavy atom. The Balaban J connectivity index is 0.000000300. The van der Waals surface area contributed by atoms with Gasteiger partial charge in [-0.3, -0.25) is 9.59 Å². The highest BCUT2D eigenvalue weighted by molar-refractivity contribution is 5.76. The fourth-order valence-electron chi connectivity index (χ4n) is 3.27. The van der Waals surface area contributed by atoms with Gasteiger partial charge in [0.15, 0.2) is 0 Å². The first kappa shape index (κ1) is 25.4. The molecule has 0 radical (unpaired) electrons. The van der Waals surface area contributed by atoms with Gasteiger partial charge in [0.1, 0.15) is 0 Å². The topological polar surface area (TPSA) is 74.6 Å². The molecule has 2 aromatic rings. The van der Waals surface area contributed by atoms with E-state index in [2.05, 4.69) is 27.7 Å². The summed E-state index contributed by atoms with van der Waals surface area (Å²) in [5.74, 6) is -1.18. The van der Waals surface area contributed by atoms with Gasteiger partial charge in [0.25, 0.3) is 0 Å². The van der Waals surface area contributed by atoms with Crippen molar-refractivity contribution in [3.63, 3.8) is 0 Å². The van der Waals surface area contributed by atoms with Gasteiger partial charge in [-0.05, 0) is 60.8 Å². The van der Waals surface area contributed by atoms with Crippen LogP contribution in [-0.4, -0.2) is 22.2 Å². The van der Waals surface area contributed by atoms with Gasteiger partial charge in [0.05, 0.1) is 11.8 Å². The lowest BCUT2D eigenvalue weighted by atomic mass is 9.91. The molecule has 2 unspecified atom stereocenters. The van der Waals surface area contributed by atoms with E-state index >= 15 is 0 Å². The molecule has 0 amide bonds. The maximum Gasteiger partial charge on any atom is 0.310 e. The first-order valence-corrected chi connectivity index (χ1v) is 10.6. The predicted molar refractivity (Wildman–Crippen MR) is 122 cm³/mol. The third kappa shape index (κ3) is 8.40. The minimum atomic E-state index is -0.772. The van der Waals surface area contributed by atoms with Gasteiger partial charge in [0, 0.05) is 0 Å². The van der Waals surface area contributed by atoms with Gasteiger partial charge in [-0.1, -0.05) is 76.2 Å². The van der Waals surface area contributed by atoms with Crippen molar-refractivity contribution in [2.24, 2.45) is 11.8 Å². The van der Waals surface area contributed by atoms with Crippen LogP contribution in [0.3, 0.4) is 0 Å². The van der Waals surface area contributed by atoms with E-state index in [0.29, 0.717) is 11.8 Å². The van der Waals surface area contributed by atoms with E-state index in [1.165, 1.54) is 5.56 Å². The highest BCUT2D eigenvalue weighted by atomic mass is 16.4. The van der Waals surface area contributed by atoms with Crippen LogP contribution in [0.1, 0.15) is 75.6 Å². The Labute approximate surface area is 181 Å². The number of carboxylic acids is 2. The van der Waals surface area contributed by atoms with Gasteiger partial charge >= 0.3 is 11.9 Å². The third-order valence-corrected chi connectivity index (χ3v) is 5.01. The van der Waals surface area contributed by atoms with E-state index in [-0.39, 0.29) is 0 Å². The molecule has 0 aliphatic rings. The van der Waals surface area contributed by atoms with Crippen LogP contribution < -0.4 is 0 Å². The van der Waals surface area contributed by atoms with Gasteiger partial charge in [-0.25, -0.2) is 0 Å². The van der Waals surface area contributed by atoms with Gasteiger partial charge in [-0.2, -0.15) is 0 Å². The smallest absolute Gasteiger partial charge is 0.310 e. The summed E-state index contributed by atoms with van der Waals surface area (Å²) in [7, 11) is 0. The molecule has 0 aliphatic carbocycles. The number of rotatable bonds is 8. The molecule has 2 aromatic carbocycles. The van der Waals surface area contributed by atoms with E-state index in [0.717, 1.165) is 29.5 Å². The number of aliphatic carboxylic acids is 2. The van der Waals surface area contributed by atoms with Crippen LogP contribution in [0.25, 0.3) is 0 Å². The molecule has 164 valence electrons. The zero-order chi connectivity index (χ0) is 22.8. The molecule has 0 saturated carbocycles. The molecule has 0 aromatic heterocycles. The zero-order valence-electron chi connectivity index (χ0n) is 19.1. The fraction of sp³-hybridized carbons (Fsp3) is 0.462. The molecule has 2 rings (SSSR count). The third-order valence-electron chi connectivity index (χ3n) is 5.01. The minimum absolute atomic E-state index is 0.417. The van der Waals surface area contributed by atoms with Gasteiger partial charge in [-0.15, -0.1) is 0 Å². The van der Waals surface area contributed by atoms with Crippen LogP contribution in [0.4, 0.5) is 0 Å². The molecule has 0 heterocycles. The lowest BCUT2D eigenvalue weighted by molar-refractivity contribution is -0.139. The van der Waals surface area contributed by atoms with Crippen molar-refractivity contribution >= 4 is 11.9 Å². The second-order valence-electron chi connectivity index (χ2n) is 8.76. The number of hydrogen-bond acceptors (Lipinski definition) is 2. The van der Waals surface area contributed by atoms with Gasteiger partial charge in [0.2, 0.25) is 0 Å². The molecule has 0 aliphatic heterocycles. The van der Waals surface area contributed by atoms with E-state index < -0.39 is 23.8 Å². The number of carbonyl (C=O) groups is 2. The van der Waals surface area contributed by atoms with Crippen molar-refractivity contribution in [3.8, 4) is 0 Å². The first-order valence-electron chi connectivity index (χ1n) is 10.6. The van der Waals surface area contributed by atoms with Crippen LogP contribution in [0, 0.1) is 11.8 Å². The van der Waals surface area contributed by atoms with Crippen LogP contribution in [0.2, 0.25) is 0 Å². The number of benzene rings is 2. The molecule has 0 fully saturated rings. The van der Waals surface area contributed by atoms with Crippen molar-refractivity contribution in [1.29, 1.82) is 0 Å². The highest BCUT2D eigenvalue weighted by Crippen LogP contribution is 2.22. The van der Waals surface area contributed by atoms with E-state index in [1.807, 2.05) is 48.5 Å². The second kappa shape index (κ2) is 12.2. The molecule has 0 bridgehead atoms. The first-order chi connectivity index (χ1) is 14.0. The molecule has 4 heteroatoms. The standard InChI is InChI=1S/2C13H18O2/c1-9(2)8-11-4-6-12(7-5-11)10(3)13(14)15;1-9(2)8-11-6-4-5-7-12(11)10(3)13(14)15/h2*4-7,9-10H,8H2,1-3H3,(H,14,15). The zero-order valence-corrected chi connectivity index (χ0v) is 19.1.